The van der Waals surface area contributed by atoms with Crippen molar-refractivity contribution in [3.05, 3.63) is 77.1 Å². The van der Waals surface area contributed by atoms with Crippen molar-refractivity contribution < 1.29 is 19.1 Å². The molecular formula is C23H23N3O4. The second kappa shape index (κ2) is 9.09. The van der Waals surface area contributed by atoms with E-state index in [9.17, 15) is 9.59 Å². The summed E-state index contributed by atoms with van der Waals surface area (Å²) in [5.41, 5.74) is 3.08. The van der Waals surface area contributed by atoms with Gasteiger partial charge in [0, 0.05) is 6.20 Å². The zero-order chi connectivity index (χ0) is 21.7. The summed E-state index contributed by atoms with van der Waals surface area (Å²) in [5, 5.41) is 5.58. The number of amides is 2. The largest absolute Gasteiger partial charge is 0.495 e. The van der Waals surface area contributed by atoms with Crippen molar-refractivity contribution in [1.82, 2.24) is 4.98 Å². The Kier molecular flexibility index (Phi) is 6.32. The van der Waals surface area contributed by atoms with E-state index in [0.29, 0.717) is 22.9 Å². The standard InChI is InChI=1S/C23H23N3O4/c1-14-7-9-19(29-3)17(12-14)25-22(27)16-6-5-11-24-21(16)23(28)26-18-13-15(2)8-10-20(18)30-4/h5-13H,1-4H3,(H,25,27)(H,26,28). The van der Waals surface area contributed by atoms with E-state index in [-0.39, 0.29) is 11.3 Å². The van der Waals surface area contributed by atoms with Crippen molar-refractivity contribution in [2.24, 2.45) is 0 Å². The molecule has 0 spiro atoms. The van der Waals surface area contributed by atoms with Crippen LogP contribution in [-0.4, -0.2) is 31.0 Å². The highest BCUT2D eigenvalue weighted by molar-refractivity contribution is 6.14. The van der Waals surface area contributed by atoms with Gasteiger partial charge in [0.2, 0.25) is 0 Å². The minimum absolute atomic E-state index is 0.00480. The fourth-order valence-electron chi connectivity index (χ4n) is 2.98. The van der Waals surface area contributed by atoms with E-state index in [1.54, 1.807) is 36.4 Å². The number of nitrogens with one attached hydrogen (secondary N) is 2. The van der Waals surface area contributed by atoms with Gasteiger partial charge in [0.25, 0.3) is 11.8 Å². The Morgan fingerprint density at radius 2 is 1.33 bits per heavy atom. The highest BCUT2D eigenvalue weighted by Crippen LogP contribution is 2.27. The van der Waals surface area contributed by atoms with Gasteiger partial charge in [-0.15, -0.1) is 0 Å². The van der Waals surface area contributed by atoms with E-state index in [1.165, 1.54) is 20.4 Å². The Balaban J connectivity index is 1.89. The first-order valence-electron chi connectivity index (χ1n) is 9.30. The van der Waals surface area contributed by atoms with Gasteiger partial charge in [0.15, 0.2) is 0 Å². The highest BCUT2D eigenvalue weighted by Gasteiger charge is 2.20. The number of carbonyl (C=O) groups is 2. The van der Waals surface area contributed by atoms with Gasteiger partial charge < -0.3 is 20.1 Å². The lowest BCUT2D eigenvalue weighted by atomic mass is 10.1. The quantitative estimate of drug-likeness (QED) is 0.641. The van der Waals surface area contributed by atoms with E-state index >= 15 is 0 Å². The second-order valence-corrected chi connectivity index (χ2v) is 6.72. The molecule has 0 bridgehead atoms. The van der Waals surface area contributed by atoms with Crippen LogP contribution in [0.3, 0.4) is 0 Å². The molecule has 7 nitrogen and oxygen atoms in total. The average molecular weight is 405 g/mol. The number of hydrogen-bond donors (Lipinski definition) is 2. The molecule has 0 saturated carbocycles. The first-order chi connectivity index (χ1) is 14.4. The van der Waals surface area contributed by atoms with Crippen molar-refractivity contribution >= 4 is 23.2 Å². The first kappa shape index (κ1) is 20.9. The third kappa shape index (κ3) is 4.57. The molecule has 0 atom stereocenters. The molecule has 2 aromatic carbocycles. The minimum Gasteiger partial charge on any atom is -0.495 e. The van der Waals surface area contributed by atoms with Crippen LogP contribution in [-0.2, 0) is 0 Å². The molecule has 3 aromatic rings. The smallest absolute Gasteiger partial charge is 0.275 e. The minimum atomic E-state index is -0.513. The van der Waals surface area contributed by atoms with Crippen molar-refractivity contribution in [1.29, 1.82) is 0 Å². The molecule has 0 radical (unpaired) electrons. The number of aryl methyl sites for hydroxylation is 2. The number of anilines is 2. The Morgan fingerprint density at radius 1 is 0.800 bits per heavy atom. The first-order valence-corrected chi connectivity index (χ1v) is 9.30. The van der Waals surface area contributed by atoms with Crippen molar-refractivity contribution in [3.63, 3.8) is 0 Å². The molecule has 2 amide bonds. The van der Waals surface area contributed by atoms with Gasteiger partial charge in [-0.3, -0.25) is 14.6 Å². The Morgan fingerprint density at radius 3 is 1.87 bits per heavy atom. The molecule has 0 aliphatic rings. The third-order valence-electron chi connectivity index (χ3n) is 4.47. The molecule has 7 heteroatoms. The zero-order valence-electron chi connectivity index (χ0n) is 17.3. The van der Waals surface area contributed by atoms with E-state index in [2.05, 4.69) is 15.6 Å². The Labute approximate surface area is 175 Å². The Hall–Kier alpha value is -3.87. The number of pyridine rings is 1. The highest BCUT2D eigenvalue weighted by atomic mass is 16.5. The number of ether oxygens (including phenoxy) is 2. The molecular weight excluding hydrogens is 382 g/mol. The molecule has 0 aliphatic heterocycles. The number of hydrogen-bond acceptors (Lipinski definition) is 5. The second-order valence-electron chi connectivity index (χ2n) is 6.72. The molecule has 1 heterocycles. The molecule has 0 aliphatic carbocycles. The molecule has 30 heavy (non-hydrogen) atoms. The molecule has 0 fully saturated rings. The van der Waals surface area contributed by atoms with Gasteiger partial charge in [0.1, 0.15) is 17.2 Å². The maximum atomic E-state index is 12.9. The van der Waals surface area contributed by atoms with Crippen LogP contribution in [0.15, 0.2) is 54.7 Å². The van der Waals surface area contributed by atoms with Crippen LogP contribution in [0.2, 0.25) is 0 Å². The molecule has 154 valence electrons. The lowest BCUT2D eigenvalue weighted by Gasteiger charge is -2.14. The molecule has 0 saturated heterocycles. The fraction of sp³-hybridized carbons (Fsp3) is 0.174. The summed E-state index contributed by atoms with van der Waals surface area (Å²) in [6.45, 7) is 3.82. The average Bonchev–Trinajstić information content (AvgIpc) is 2.74. The number of rotatable bonds is 6. The van der Waals surface area contributed by atoms with Crippen LogP contribution in [0.4, 0.5) is 11.4 Å². The molecule has 0 unspecified atom stereocenters. The van der Waals surface area contributed by atoms with E-state index in [0.717, 1.165) is 11.1 Å². The van der Waals surface area contributed by atoms with Crippen LogP contribution in [0, 0.1) is 13.8 Å². The summed E-state index contributed by atoms with van der Waals surface area (Å²) in [6, 6.07) is 14.0. The number of aromatic nitrogens is 1. The number of methoxy groups -OCH3 is 2. The van der Waals surface area contributed by atoms with Gasteiger partial charge in [-0.25, -0.2) is 0 Å². The fourth-order valence-corrected chi connectivity index (χ4v) is 2.98. The Bertz CT molecular complexity index is 1010. The summed E-state index contributed by atoms with van der Waals surface area (Å²) in [7, 11) is 3.05. The maximum absolute atomic E-state index is 12.9. The number of benzene rings is 2. The third-order valence-corrected chi connectivity index (χ3v) is 4.47. The normalized spacial score (nSPS) is 10.3. The maximum Gasteiger partial charge on any atom is 0.275 e. The van der Waals surface area contributed by atoms with Crippen LogP contribution in [0.5, 0.6) is 11.5 Å². The zero-order valence-corrected chi connectivity index (χ0v) is 17.3. The summed E-state index contributed by atoms with van der Waals surface area (Å²) < 4.78 is 10.6. The van der Waals surface area contributed by atoms with Gasteiger partial charge in [0.05, 0.1) is 31.2 Å². The summed E-state index contributed by atoms with van der Waals surface area (Å²) in [4.78, 5) is 30.0. The predicted molar refractivity (Wildman–Crippen MR) is 116 cm³/mol. The SMILES string of the molecule is COc1ccc(C)cc1NC(=O)c1cccnc1C(=O)Nc1cc(C)ccc1OC. The summed E-state index contributed by atoms with van der Waals surface area (Å²) >= 11 is 0. The molecule has 2 N–H and O–H groups in total. The van der Waals surface area contributed by atoms with Crippen molar-refractivity contribution in [2.45, 2.75) is 13.8 Å². The molecule has 1 aromatic heterocycles. The van der Waals surface area contributed by atoms with Crippen LogP contribution in [0.25, 0.3) is 0 Å². The number of carbonyl (C=O) groups excluding carboxylic acids is 2. The van der Waals surface area contributed by atoms with Crippen molar-refractivity contribution in [2.75, 3.05) is 24.9 Å². The van der Waals surface area contributed by atoms with E-state index in [4.69, 9.17) is 9.47 Å². The van der Waals surface area contributed by atoms with Gasteiger partial charge in [-0.1, -0.05) is 12.1 Å². The van der Waals surface area contributed by atoms with Crippen LogP contribution < -0.4 is 20.1 Å². The van der Waals surface area contributed by atoms with E-state index < -0.39 is 11.8 Å². The summed E-state index contributed by atoms with van der Waals surface area (Å²) in [6.07, 6.45) is 1.46. The number of nitrogens with zero attached hydrogens (tertiary/aromatic N) is 1. The topological polar surface area (TPSA) is 89.5 Å². The monoisotopic (exact) mass is 405 g/mol. The van der Waals surface area contributed by atoms with Gasteiger partial charge >= 0.3 is 0 Å². The lowest BCUT2D eigenvalue weighted by Crippen LogP contribution is -2.22. The van der Waals surface area contributed by atoms with Gasteiger partial charge in [-0.2, -0.15) is 0 Å². The van der Waals surface area contributed by atoms with Crippen LogP contribution in [0.1, 0.15) is 32.0 Å². The van der Waals surface area contributed by atoms with Crippen molar-refractivity contribution in [3.8, 4) is 11.5 Å². The summed E-state index contributed by atoms with van der Waals surface area (Å²) in [5.74, 6) is 0.0583. The molecule has 3 rings (SSSR count). The lowest BCUT2D eigenvalue weighted by molar-refractivity contribution is 0.0986. The van der Waals surface area contributed by atoms with Gasteiger partial charge in [-0.05, 0) is 61.4 Å². The predicted octanol–water partition coefficient (Wildman–Crippen LogP) is 4.22. The van der Waals surface area contributed by atoms with E-state index in [1.807, 2.05) is 26.0 Å². The van der Waals surface area contributed by atoms with Crippen LogP contribution >= 0.6 is 0 Å².